The second-order valence-corrected chi connectivity index (χ2v) is 8.75. The van der Waals surface area contributed by atoms with Gasteiger partial charge in [-0.2, -0.15) is 0 Å². The van der Waals surface area contributed by atoms with Crippen molar-refractivity contribution < 1.29 is 4.79 Å². The summed E-state index contributed by atoms with van der Waals surface area (Å²) in [6.07, 6.45) is 4.28. The van der Waals surface area contributed by atoms with E-state index in [1.807, 2.05) is 36.6 Å². The van der Waals surface area contributed by atoms with Gasteiger partial charge in [0, 0.05) is 17.4 Å². The van der Waals surface area contributed by atoms with Gasteiger partial charge in [-0.3, -0.25) is 9.69 Å². The van der Waals surface area contributed by atoms with Crippen LogP contribution in [-0.4, -0.2) is 41.7 Å². The molecule has 2 heterocycles. The Bertz CT molecular complexity index is 907. The number of carbonyl (C=O) groups is 1. The Morgan fingerprint density at radius 1 is 1.26 bits per heavy atom. The van der Waals surface area contributed by atoms with E-state index in [1.54, 1.807) is 23.1 Å². The van der Waals surface area contributed by atoms with Crippen LogP contribution in [0.5, 0.6) is 0 Å². The fourth-order valence-electron chi connectivity index (χ4n) is 3.61. The van der Waals surface area contributed by atoms with Crippen LogP contribution in [-0.2, 0) is 4.79 Å². The number of para-hydroxylation sites is 2. The Labute approximate surface area is 168 Å². The fraction of sp³-hybridized carbons (Fsp3) is 0.333. The van der Waals surface area contributed by atoms with Gasteiger partial charge >= 0.3 is 0 Å². The van der Waals surface area contributed by atoms with Crippen LogP contribution in [0.1, 0.15) is 23.8 Å². The predicted octanol–water partition coefficient (Wildman–Crippen LogP) is 4.84. The van der Waals surface area contributed by atoms with E-state index in [0.717, 1.165) is 42.0 Å². The minimum atomic E-state index is 0.0569. The van der Waals surface area contributed by atoms with Gasteiger partial charge in [0.2, 0.25) is 5.91 Å². The van der Waals surface area contributed by atoms with Crippen LogP contribution in [0.4, 0.5) is 5.69 Å². The van der Waals surface area contributed by atoms with Gasteiger partial charge in [-0.15, -0.1) is 23.1 Å². The number of nitrogens with zero attached hydrogens (tertiary/aromatic N) is 2. The smallest absolute Gasteiger partial charge is 0.238 e. The van der Waals surface area contributed by atoms with Crippen LogP contribution in [0.2, 0.25) is 0 Å². The van der Waals surface area contributed by atoms with Gasteiger partial charge < -0.3 is 5.32 Å². The maximum atomic E-state index is 12.6. The molecular weight excluding hydrogens is 374 g/mol. The molecule has 4 nitrogen and oxygen atoms in total. The molecule has 0 bridgehead atoms. The number of aromatic nitrogens is 1. The van der Waals surface area contributed by atoms with E-state index in [0.29, 0.717) is 12.5 Å². The number of fused-ring (bicyclic) bond motifs is 1. The molecule has 1 N–H and O–H groups in total. The summed E-state index contributed by atoms with van der Waals surface area (Å²) in [5.74, 6) is 0.476. The Morgan fingerprint density at radius 2 is 2.07 bits per heavy atom. The van der Waals surface area contributed by atoms with Crippen LogP contribution < -0.4 is 5.32 Å². The van der Waals surface area contributed by atoms with Crippen molar-refractivity contribution in [2.24, 2.45) is 0 Å². The molecule has 0 radical (unpaired) electrons. The largest absolute Gasteiger partial charge is 0.324 e. The molecule has 1 saturated heterocycles. The summed E-state index contributed by atoms with van der Waals surface area (Å²) in [4.78, 5) is 20.7. The van der Waals surface area contributed by atoms with E-state index >= 15 is 0 Å². The van der Waals surface area contributed by atoms with Crippen molar-refractivity contribution in [2.75, 3.05) is 31.2 Å². The molecule has 2 aromatic carbocycles. The summed E-state index contributed by atoms with van der Waals surface area (Å²) in [7, 11) is 0. The van der Waals surface area contributed by atoms with Crippen molar-refractivity contribution >= 4 is 44.9 Å². The van der Waals surface area contributed by atoms with Crippen LogP contribution in [0, 0.1) is 0 Å². The number of hydrogen-bond donors (Lipinski definition) is 1. The lowest BCUT2D eigenvalue weighted by atomic mass is 9.99. The Morgan fingerprint density at radius 3 is 2.93 bits per heavy atom. The third-order valence-corrected chi connectivity index (χ3v) is 6.91. The molecule has 140 valence electrons. The van der Waals surface area contributed by atoms with E-state index in [1.165, 1.54) is 9.71 Å². The van der Waals surface area contributed by atoms with Gasteiger partial charge in [-0.05, 0) is 49.9 Å². The first-order chi connectivity index (χ1) is 13.2. The topological polar surface area (TPSA) is 45.2 Å². The molecule has 0 spiro atoms. The van der Waals surface area contributed by atoms with Crippen LogP contribution in [0.25, 0.3) is 10.2 Å². The summed E-state index contributed by atoms with van der Waals surface area (Å²) in [6.45, 7) is 2.31. The number of thiazole rings is 1. The van der Waals surface area contributed by atoms with Crippen LogP contribution in [0.15, 0.2) is 53.4 Å². The number of nitrogens with one attached hydrogen (secondary N) is 1. The SMILES string of the molecule is CSc1ccccc1NC(=O)CN1CCC[C@H](c2nc3ccccc3s2)C1. The molecule has 0 unspecified atom stereocenters. The average Bonchev–Trinajstić information content (AvgIpc) is 3.13. The van der Waals surface area contributed by atoms with Gasteiger partial charge in [0.15, 0.2) is 0 Å². The van der Waals surface area contributed by atoms with Crippen molar-refractivity contribution in [1.82, 2.24) is 9.88 Å². The zero-order valence-corrected chi connectivity index (χ0v) is 17.0. The molecule has 0 saturated carbocycles. The molecule has 1 aromatic heterocycles. The van der Waals surface area contributed by atoms with Crippen molar-refractivity contribution in [3.8, 4) is 0 Å². The first-order valence-corrected chi connectivity index (χ1v) is 11.3. The maximum absolute atomic E-state index is 12.6. The highest BCUT2D eigenvalue weighted by Crippen LogP contribution is 2.33. The number of benzene rings is 2. The molecule has 27 heavy (non-hydrogen) atoms. The van der Waals surface area contributed by atoms with Crippen molar-refractivity contribution in [3.63, 3.8) is 0 Å². The van der Waals surface area contributed by atoms with E-state index in [2.05, 4.69) is 28.4 Å². The highest BCUT2D eigenvalue weighted by molar-refractivity contribution is 7.98. The normalized spacial score (nSPS) is 17.9. The number of hydrogen-bond acceptors (Lipinski definition) is 5. The fourth-order valence-corrected chi connectivity index (χ4v) is 5.25. The molecule has 3 aromatic rings. The summed E-state index contributed by atoms with van der Waals surface area (Å²) >= 11 is 3.44. The van der Waals surface area contributed by atoms with Gasteiger partial charge in [-0.1, -0.05) is 24.3 Å². The Balaban J connectivity index is 1.40. The number of carbonyl (C=O) groups excluding carboxylic acids is 1. The van der Waals surface area contributed by atoms with Crippen LogP contribution >= 0.6 is 23.1 Å². The van der Waals surface area contributed by atoms with E-state index < -0.39 is 0 Å². The summed E-state index contributed by atoms with van der Waals surface area (Å²) in [5, 5.41) is 4.27. The van der Waals surface area contributed by atoms with Gasteiger partial charge in [-0.25, -0.2) is 4.98 Å². The Hall–Kier alpha value is -1.89. The monoisotopic (exact) mass is 397 g/mol. The highest BCUT2D eigenvalue weighted by Gasteiger charge is 2.25. The number of amides is 1. The average molecular weight is 398 g/mol. The van der Waals surface area contributed by atoms with E-state index in [-0.39, 0.29) is 5.91 Å². The second kappa shape index (κ2) is 8.42. The summed E-state index contributed by atoms with van der Waals surface area (Å²) in [6, 6.07) is 16.3. The molecule has 6 heteroatoms. The van der Waals surface area contributed by atoms with E-state index in [4.69, 9.17) is 4.98 Å². The second-order valence-electron chi connectivity index (χ2n) is 6.84. The minimum Gasteiger partial charge on any atom is -0.324 e. The summed E-state index contributed by atoms with van der Waals surface area (Å²) < 4.78 is 1.25. The molecular formula is C21H23N3OS2. The zero-order valence-electron chi connectivity index (χ0n) is 15.4. The van der Waals surface area contributed by atoms with Crippen molar-refractivity contribution in [2.45, 2.75) is 23.7 Å². The molecule has 0 aliphatic carbocycles. The quantitative estimate of drug-likeness (QED) is 0.626. The lowest BCUT2D eigenvalue weighted by Crippen LogP contribution is -2.39. The molecule has 1 aliphatic rings. The lowest BCUT2D eigenvalue weighted by molar-refractivity contribution is -0.117. The number of piperidine rings is 1. The third kappa shape index (κ3) is 4.34. The number of anilines is 1. The number of thioether (sulfide) groups is 1. The summed E-state index contributed by atoms with van der Waals surface area (Å²) in [5.41, 5.74) is 1.98. The van der Waals surface area contributed by atoms with Gasteiger partial charge in [0.05, 0.1) is 27.5 Å². The maximum Gasteiger partial charge on any atom is 0.238 e. The molecule has 4 rings (SSSR count). The standard InChI is InChI=1S/C21H23N3OS2/c1-26-18-10-4-2-8-16(18)22-20(25)14-24-12-6-7-15(13-24)21-23-17-9-3-5-11-19(17)27-21/h2-5,8-11,15H,6-7,12-14H2,1H3,(H,22,25)/t15-/m0/s1. The van der Waals surface area contributed by atoms with E-state index in [9.17, 15) is 4.79 Å². The molecule has 1 fully saturated rings. The zero-order chi connectivity index (χ0) is 18.6. The number of likely N-dealkylation sites (tertiary alicyclic amines) is 1. The molecule has 1 amide bonds. The van der Waals surface area contributed by atoms with Gasteiger partial charge in [0.1, 0.15) is 0 Å². The predicted molar refractivity (Wildman–Crippen MR) is 115 cm³/mol. The van der Waals surface area contributed by atoms with Crippen molar-refractivity contribution in [3.05, 3.63) is 53.5 Å². The Kier molecular flexibility index (Phi) is 5.76. The first-order valence-electron chi connectivity index (χ1n) is 9.23. The highest BCUT2D eigenvalue weighted by atomic mass is 32.2. The molecule has 1 atom stereocenters. The minimum absolute atomic E-state index is 0.0569. The lowest BCUT2D eigenvalue weighted by Gasteiger charge is -2.31. The third-order valence-electron chi connectivity index (χ3n) is 4.91. The van der Waals surface area contributed by atoms with Crippen LogP contribution in [0.3, 0.4) is 0 Å². The number of rotatable bonds is 5. The first kappa shape index (κ1) is 18.5. The van der Waals surface area contributed by atoms with Crippen molar-refractivity contribution in [1.29, 1.82) is 0 Å². The van der Waals surface area contributed by atoms with Gasteiger partial charge in [0.25, 0.3) is 0 Å². The molecule has 1 aliphatic heterocycles.